The van der Waals surface area contributed by atoms with Crippen molar-refractivity contribution < 1.29 is 115 Å². The second-order valence-electron chi connectivity index (χ2n) is 10.2. The zero-order chi connectivity index (χ0) is 32.3. The molecule has 2 heterocycles. The largest absolute Gasteiger partial charge is 1.00 e. The van der Waals surface area contributed by atoms with Crippen molar-refractivity contribution in [3.05, 3.63) is 58.6 Å². The van der Waals surface area contributed by atoms with E-state index in [1.54, 1.807) is 16.7 Å². The fourth-order valence-electron chi connectivity index (χ4n) is 5.52. The molecule has 238 valence electrons. The van der Waals surface area contributed by atoms with Crippen molar-refractivity contribution in [2.45, 2.75) is 30.1 Å². The molecule has 0 saturated carbocycles. The number of nitrogens with zero attached hydrogens (tertiary/aromatic N) is 3. The van der Waals surface area contributed by atoms with Crippen molar-refractivity contribution in [2.75, 3.05) is 52.9 Å². The Morgan fingerprint density at radius 2 is 1.96 bits per heavy atom. The van der Waals surface area contributed by atoms with Crippen molar-refractivity contribution in [3.8, 4) is 11.1 Å². The minimum absolute atomic E-state index is 0. The van der Waals surface area contributed by atoms with Crippen molar-refractivity contribution in [3.63, 3.8) is 0 Å². The van der Waals surface area contributed by atoms with Gasteiger partial charge in [0.25, 0.3) is 0 Å². The smallest absolute Gasteiger partial charge is 0.359 e. The first kappa shape index (κ1) is 38.5. The van der Waals surface area contributed by atoms with Crippen LogP contribution in [0.2, 0.25) is 5.02 Å². The fraction of sp³-hybridized carbons (Fsp3) is 0.414. The number of carbonyl (C=O) groups is 2. The molecule has 2 aromatic rings. The number of hydrogen-bond acceptors (Lipinski definition) is 6. The van der Waals surface area contributed by atoms with Gasteiger partial charge in [-0.1, -0.05) is 18.2 Å². The third kappa shape index (κ3) is 8.19. The molecule has 0 aliphatic carbocycles. The van der Waals surface area contributed by atoms with E-state index in [0.717, 1.165) is 23.9 Å². The third-order valence-corrected chi connectivity index (χ3v) is 9.06. The SMILES string of the molecule is C=CC(=O)N1CCN(C(=NC)c2cc(C(F)(F)F)c(-c3cc(Cl)c(F)cc3F)c3c2[NH+](C=O)C(COCOC)CS3)C(C)C1.[Cs+]. The maximum atomic E-state index is 15.3. The van der Waals surface area contributed by atoms with Crippen LogP contribution in [0.15, 0.2) is 40.7 Å². The molecule has 1 saturated heterocycles. The number of aliphatic imine (C=N–C) groups is 1. The van der Waals surface area contributed by atoms with E-state index in [-0.39, 0.29) is 147 Å². The first-order chi connectivity index (χ1) is 20.9. The third-order valence-electron chi connectivity index (χ3n) is 7.51. The van der Waals surface area contributed by atoms with Gasteiger partial charge in [-0.25, -0.2) is 18.5 Å². The molecule has 1 N–H and O–H groups in total. The van der Waals surface area contributed by atoms with Crippen LogP contribution in [0.1, 0.15) is 18.1 Å². The van der Waals surface area contributed by atoms with Gasteiger partial charge >= 0.3 is 81.5 Å². The van der Waals surface area contributed by atoms with Gasteiger partial charge in [0.15, 0.2) is 5.69 Å². The number of methoxy groups -OCH3 is 1. The molecule has 1 fully saturated rings. The normalized spacial score (nSPS) is 20.4. The summed E-state index contributed by atoms with van der Waals surface area (Å²) in [6.07, 6.45) is -3.24. The number of amidine groups is 1. The first-order valence-corrected chi connectivity index (χ1v) is 14.8. The van der Waals surface area contributed by atoms with Gasteiger partial charge in [-0.3, -0.25) is 9.79 Å². The van der Waals surface area contributed by atoms with E-state index in [1.807, 2.05) is 0 Å². The Morgan fingerprint density at radius 1 is 1.24 bits per heavy atom. The standard InChI is InChI=1S/C29H30ClF5N4O4S.Cs/c1-5-24(41)37-6-7-38(16(2)11-37)28(36-3)19-8-20(29(33,34)35)25(18-9-21(30)23(32)10-22(18)31)27-26(19)39(14-40)17(13-44-27)12-43-15-42-4;/h5,8-10,14,16-17H,1,6-7,11-13,15H2,2-4H3;/q;+1/p+1. The number of piperazine rings is 1. The van der Waals surface area contributed by atoms with E-state index in [1.165, 1.54) is 20.2 Å². The summed E-state index contributed by atoms with van der Waals surface area (Å²) in [5.41, 5.74) is -2.16. The van der Waals surface area contributed by atoms with Gasteiger partial charge < -0.3 is 19.3 Å². The van der Waals surface area contributed by atoms with Gasteiger partial charge in [0.05, 0.1) is 26.8 Å². The number of benzene rings is 2. The Labute approximate surface area is 325 Å². The molecule has 2 aliphatic heterocycles. The van der Waals surface area contributed by atoms with E-state index >= 15 is 4.39 Å². The maximum absolute atomic E-state index is 15.3. The van der Waals surface area contributed by atoms with E-state index in [9.17, 15) is 27.2 Å². The van der Waals surface area contributed by atoms with Crippen LogP contribution >= 0.6 is 23.4 Å². The van der Waals surface area contributed by atoms with Crippen LogP contribution < -0.4 is 73.8 Å². The number of quaternary nitrogens is 1. The molecule has 3 atom stereocenters. The Kier molecular flexibility index (Phi) is 14.0. The average Bonchev–Trinajstić information content (AvgIpc) is 2.98. The monoisotopic (exact) mass is 794 g/mol. The number of amides is 2. The molecule has 16 heteroatoms. The second kappa shape index (κ2) is 16.4. The molecule has 0 bridgehead atoms. The van der Waals surface area contributed by atoms with Gasteiger partial charge in [-0.2, -0.15) is 13.2 Å². The molecule has 0 aromatic heterocycles. The predicted molar refractivity (Wildman–Crippen MR) is 156 cm³/mol. The minimum Gasteiger partial charge on any atom is -0.359 e. The van der Waals surface area contributed by atoms with E-state index in [2.05, 4.69) is 11.6 Å². The van der Waals surface area contributed by atoms with Crippen molar-refractivity contribution in [2.24, 2.45) is 4.99 Å². The van der Waals surface area contributed by atoms with Gasteiger partial charge in [-0.15, -0.1) is 11.8 Å². The van der Waals surface area contributed by atoms with Crippen LogP contribution in [-0.4, -0.2) is 93.0 Å². The molecule has 45 heavy (non-hydrogen) atoms. The fourth-order valence-corrected chi connectivity index (χ4v) is 7.06. The maximum Gasteiger partial charge on any atom is 1.00 e. The quantitative estimate of drug-likeness (QED) is 0.0633. The Balaban J connectivity index is 0.00000552. The van der Waals surface area contributed by atoms with Gasteiger partial charge in [0, 0.05) is 57.0 Å². The number of hydrogen-bond donors (Lipinski definition) is 1. The van der Waals surface area contributed by atoms with Gasteiger partial charge in [-0.05, 0) is 25.1 Å². The number of ether oxygens (including phenoxy) is 2. The summed E-state index contributed by atoms with van der Waals surface area (Å²) in [5, 5.41) is -0.560. The minimum atomic E-state index is -4.99. The zero-order valence-corrected chi connectivity index (χ0v) is 33.0. The van der Waals surface area contributed by atoms with Crippen molar-refractivity contribution in [1.29, 1.82) is 0 Å². The molecule has 0 radical (unpaired) electrons. The average molecular weight is 795 g/mol. The molecule has 2 aromatic carbocycles. The van der Waals surface area contributed by atoms with E-state index < -0.39 is 45.6 Å². The first-order valence-electron chi connectivity index (χ1n) is 13.5. The Bertz CT molecular complexity index is 1480. The molecule has 8 nitrogen and oxygen atoms in total. The van der Waals surface area contributed by atoms with Gasteiger partial charge in [0.1, 0.15) is 36.9 Å². The number of rotatable bonds is 8. The number of fused-ring (bicyclic) bond motifs is 1. The molecule has 4 rings (SSSR count). The predicted octanol–water partition coefficient (Wildman–Crippen LogP) is 1.17. The molecular formula is C29H31ClCsF5N4O4S+2. The van der Waals surface area contributed by atoms with Crippen LogP contribution in [-0.2, 0) is 25.2 Å². The number of alkyl halides is 3. The number of thioether (sulfide) groups is 1. The summed E-state index contributed by atoms with van der Waals surface area (Å²) in [4.78, 5) is 32.8. The van der Waals surface area contributed by atoms with Gasteiger partial charge in [0.2, 0.25) is 5.91 Å². The number of halogens is 6. The van der Waals surface area contributed by atoms with E-state index in [0.29, 0.717) is 12.5 Å². The number of carbonyl (C=O) groups excluding carboxylic acids is 2. The summed E-state index contributed by atoms with van der Waals surface area (Å²) in [7, 11) is 2.85. The molecule has 0 spiro atoms. The number of nitrogens with one attached hydrogen (secondary N) is 1. The summed E-state index contributed by atoms with van der Waals surface area (Å²) < 4.78 is 84.4. The Hall–Kier alpha value is -0.988. The van der Waals surface area contributed by atoms with Crippen LogP contribution in [0.3, 0.4) is 0 Å². The Morgan fingerprint density at radius 3 is 2.53 bits per heavy atom. The molecule has 2 amide bonds. The van der Waals surface area contributed by atoms with Crippen LogP contribution in [0.25, 0.3) is 11.1 Å². The zero-order valence-electron chi connectivity index (χ0n) is 25.1. The summed E-state index contributed by atoms with van der Waals surface area (Å²) in [6, 6.07) is 1.17. The van der Waals surface area contributed by atoms with Crippen molar-refractivity contribution >= 4 is 47.2 Å². The van der Waals surface area contributed by atoms with Crippen molar-refractivity contribution in [1.82, 2.24) is 9.80 Å². The summed E-state index contributed by atoms with van der Waals surface area (Å²) in [5.74, 6) is -2.36. The summed E-state index contributed by atoms with van der Waals surface area (Å²) in [6.45, 7) is 6.01. The van der Waals surface area contributed by atoms with Crippen LogP contribution in [0.5, 0.6) is 0 Å². The molecular weight excluding hydrogens is 764 g/mol. The second-order valence-corrected chi connectivity index (χ2v) is 11.7. The molecule has 3 unspecified atom stereocenters. The van der Waals surface area contributed by atoms with Crippen LogP contribution in [0, 0.1) is 11.6 Å². The summed E-state index contributed by atoms with van der Waals surface area (Å²) >= 11 is 6.92. The molecule has 2 aliphatic rings. The van der Waals surface area contributed by atoms with Crippen LogP contribution in [0.4, 0.5) is 27.6 Å². The topological polar surface area (TPSA) is 75.9 Å². The van der Waals surface area contributed by atoms with E-state index in [4.69, 9.17) is 21.1 Å².